The average Bonchev–Trinajstić information content (AvgIpc) is 2.61. The molecule has 0 aliphatic carbocycles. The van der Waals surface area contributed by atoms with Crippen LogP contribution in [-0.2, 0) is 0 Å². The summed E-state index contributed by atoms with van der Waals surface area (Å²) in [6.07, 6.45) is 0. The summed E-state index contributed by atoms with van der Waals surface area (Å²) >= 11 is 12.0. The lowest BCUT2D eigenvalue weighted by atomic mass is 10.1. The third kappa shape index (κ3) is 2.09. The smallest absolute Gasteiger partial charge is 0.204 e. The normalized spacial score (nSPS) is 11.8. The number of benzene rings is 3. The molecule has 0 saturated heterocycles. The Kier molecular flexibility index (Phi) is 3.17. The number of fused-ring (bicyclic) bond motifs is 5. The van der Waals surface area contributed by atoms with Crippen LogP contribution in [0.3, 0.4) is 0 Å². The van der Waals surface area contributed by atoms with E-state index in [1.54, 1.807) is 48.5 Å². The monoisotopic (exact) mass is 382 g/mol. The Morgan fingerprint density at radius 2 is 1.19 bits per heavy atom. The molecule has 3 aromatic carbocycles. The van der Waals surface area contributed by atoms with Gasteiger partial charge in [0, 0.05) is 22.2 Å². The van der Waals surface area contributed by atoms with Gasteiger partial charge in [0.05, 0.1) is 16.2 Å². The molecular formula is C20H8Cl2O4. The molecule has 0 aliphatic rings. The second-order valence-electron chi connectivity index (χ2n) is 5.96. The summed E-state index contributed by atoms with van der Waals surface area (Å²) in [6.45, 7) is 0. The van der Waals surface area contributed by atoms with E-state index in [4.69, 9.17) is 32.0 Å². The van der Waals surface area contributed by atoms with Gasteiger partial charge >= 0.3 is 0 Å². The lowest BCUT2D eigenvalue weighted by molar-refractivity contribution is 0.649. The molecule has 0 bridgehead atoms. The summed E-state index contributed by atoms with van der Waals surface area (Å²) in [5.74, 6) is 0. The highest BCUT2D eigenvalue weighted by atomic mass is 35.5. The van der Waals surface area contributed by atoms with Gasteiger partial charge in [0.15, 0.2) is 5.58 Å². The molecule has 4 nitrogen and oxygen atoms in total. The van der Waals surface area contributed by atoms with E-state index in [2.05, 4.69) is 0 Å². The van der Waals surface area contributed by atoms with E-state index in [1.807, 2.05) is 0 Å². The molecule has 0 amide bonds. The summed E-state index contributed by atoms with van der Waals surface area (Å²) < 4.78 is 11.7. The second kappa shape index (κ2) is 5.34. The van der Waals surface area contributed by atoms with Gasteiger partial charge in [-0.2, -0.15) is 0 Å². The van der Waals surface area contributed by atoms with Crippen LogP contribution in [0.2, 0.25) is 10.0 Å². The predicted molar refractivity (Wildman–Crippen MR) is 104 cm³/mol. The Morgan fingerprint density at radius 3 is 1.88 bits per heavy atom. The third-order valence-electron chi connectivity index (χ3n) is 4.40. The van der Waals surface area contributed by atoms with Gasteiger partial charge in [0.2, 0.25) is 10.9 Å². The van der Waals surface area contributed by atoms with Crippen LogP contribution in [0.15, 0.2) is 67.0 Å². The van der Waals surface area contributed by atoms with Gasteiger partial charge in [-0.05, 0) is 36.4 Å². The van der Waals surface area contributed by atoms with Crippen LogP contribution in [-0.4, -0.2) is 0 Å². The lowest BCUT2D eigenvalue weighted by Crippen LogP contribution is -2.07. The third-order valence-corrected chi connectivity index (χ3v) is 4.87. The molecule has 0 fully saturated rings. The highest BCUT2D eigenvalue weighted by Gasteiger charge is 2.16. The molecule has 0 N–H and O–H groups in total. The van der Waals surface area contributed by atoms with Crippen molar-refractivity contribution >= 4 is 67.1 Å². The molecule has 0 radical (unpaired) electrons. The highest BCUT2D eigenvalue weighted by molar-refractivity contribution is 6.31. The fraction of sp³-hybridized carbons (Fsp3) is 0. The molecule has 2 heterocycles. The second-order valence-corrected chi connectivity index (χ2v) is 6.83. The Bertz CT molecular complexity index is 1500. The van der Waals surface area contributed by atoms with Gasteiger partial charge in [-0.25, -0.2) is 0 Å². The minimum absolute atomic E-state index is 0.188. The average molecular weight is 383 g/mol. The van der Waals surface area contributed by atoms with Crippen molar-refractivity contribution < 1.29 is 8.83 Å². The van der Waals surface area contributed by atoms with Crippen molar-refractivity contribution in [3.63, 3.8) is 0 Å². The first-order valence-corrected chi connectivity index (χ1v) is 8.50. The number of hydrogen-bond donors (Lipinski definition) is 0. The minimum Gasteiger partial charge on any atom is -0.456 e. The first kappa shape index (κ1) is 15.4. The molecule has 0 unspecified atom stereocenters. The Labute approximate surface area is 155 Å². The number of halogens is 2. The van der Waals surface area contributed by atoms with E-state index in [1.165, 1.54) is 0 Å². The zero-order valence-electron chi connectivity index (χ0n) is 13.0. The molecule has 0 saturated carbocycles. The van der Waals surface area contributed by atoms with Crippen LogP contribution >= 0.6 is 23.2 Å². The van der Waals surface area contributed by atoms with Gasteiger partial charge in [0.1, 0.15) is 22.1 Å². The van der Waals surface area contributed by atoms with Crippen molar-refractivity contribution in [2.45, 2.75) is 0 Å². The predicted octanol–water partition coefficient (Wildman–Crippen LogP) is 5.51. The number of rotatable bonds is 0. The molecule has 26 heavy (non-hydrogen) atoms. The molecule has 0 aliphatic heterocycles. The fourth-order valence-electron chi connectivity index (χ4n) is 3.19. The quantitative estimate of drug-likeness (QED) is 0.261. The summed E-state index contributed by atoms with van der Waals surface area (Å²) in [5, 5.41) is 2.20. The molecule has 0 atom stereocenters. The van der Waals surface area contributed by atoms with Crippen molar-refractivity contribution in [1.29, 1.82) is 0 Å². The van der Waals surface area contributed by atoms with Crippen molar-refractivity contribution in [3.8, 4) is 0 Å². The minimum atomic E-state index is -0.284. The van der Waals surface area contributed by atoms with Gasteiger partial charge in [-0.15, -0.1) is 0 Å². The fourth-order valence-corrected chi connectivity index (χ4v) is 3.52. The molecule has 6 heteroatoms. The molecule has 5 aromatic rings. The van der Waals surface area contributed by atoms with E-state index in [0.717, 1.165) is 0 Å². The topological polar surface area (TPSA) is 60.4 Å². The maximum atomic E-state index is 13.0. The molecular weight excluding hydrogens is 375 g/mol. The van der Waals surface area contributed by atoms with Gasteiger partial charge < -0.3 is 8.83 Å². The maximum absolute atomic E-state index is 13.0. The van der Waals surface area contributed by atoms with Crippen LogP contribution in [0.25, 0.3) is 43.9 Å². The van der Waals surface area contributed by atoms with Crippen LogP contribution in [0.4, 0.5) is 0 Å². The Morgan fingerprint density at radius 1 is 0.615 bits per heavy atom. The summed E-state index contributed by atoms with van der Waals surface area (Å²) in [4.78, 5) is 25.8. The highest BCUT2D eigenvalue weighted by Crippen LogP contribution is 2.29. The first-order chi connectivity index (χ1) is 12.5. The molecule has 0 spiro atoms. The van der Waals surface area contributed by atoms with E-state index in [0.29, 0.717) is 43.0 Å². The van der Waals surface area contributed by atoms with Gasteiger partial charge in [-0.3, -0.25) is 9.59 Å². The van der Waals surface area contributed by atoms with Crippen LogP contribution in [0, 0.1) is 0 Å². The van der Waals surface area contributed by atoms with E-state index >= 15 is 0 Å². The Balaban J connectivity index is 2.07. The zero-order chi connectivity index (χ0) is 18.0. The zero-order valence-corrected chi connectivity index (χ0v) is 14.5. The van der Waals surface area contributed by atoms with E-state index in [9.17, 15) is 9.59 Å². The summed E-state index contributed by atoms with van der Waals surface area (Å²) in [7, 11) is 0. The van der Waals surface area contributed by atoms with Gasteiger partial charge in [-0.1, -0.05) is 23.2 Å². The summed E-state index contributed by atoms with van der Waals surface area (Å²) in [6, 6.07) is 12.8. The maximum Gasteiger partial charge on any atom is 0.204 e. The van der Waals surface area contributed by atoms with Crippen LogP contribution < -0.4 is 10.9 Å². The molecule has 5 rings (SSSR count). The molecule has 126 valence electrons. The SMILES string of the molecule is O=c1c2ccc(Cl)cc2oc2c1ccc1oc3cc(Cl)ccc3c(=O)c12. The van der Waals surface area contributed by atoms with Crippen molar-refractivity contribution in [2.75, 3.05) is 0 Å². The lowest BCUT2D eigenvalue weighted by Gasteiger charge is -2.06. The van der Waals surface area contributed by atoms with Gasteiger partial charge in [0.25, 0.3) is 0 Å². The summed E-state index contributed by atoms with van der Waals surface area (Å²) in [5.41, 5.74) is 0.691. The molecule has 2 aromatic heterocycles. The number of hydrogen-bond acceptors (Lipinski definition) is 4. The van der Waals surface area contributed by atoms with Crippen LogP contribution in [0.5, 0.6) is 0 Å². The van der Waals surface area contributed by atoms with E-state index < -0.39 is 0 Å². The van der Waals surface area contributed by atoms with Crippen molar-refractivity contribution in [2.24, 2.45) is 0 Å². The standard InChI is InChI=1S/C20H8Cl2O4/c21-9-2-4-12-15(7-9)25-14-6-5-13-18(23)11-3-1-10(22)8-16(11)26-20(13)17(14)19(12)24/h1-8H. The van der Waals surface area contributed by atoms with Crippen molar-refractivity contribution in [1.82, 2.24) is 0 Å². The largest absolute Gasteiger partial charge is 0.456 e. The van der Waals surface area contributed by atoms with E-state index in [-0.39, 0.29) is 21.8 Å². The first-order valence-electron chi connectivity index (χ1n) is 7.74. The van der Waals surface area contributed by atoms with Crippen molar-refractivity contribution in [3.05, 3.63) is 79.0 Å². The van der Waals surface area contributed by atoms with Crippen LogP contribution in [0.1, 0.15) is 0 Å². The Hall–Kier alpha value is -2.82.